The molecule has 0 saturated carbocycles. The molecule has 100 valence electrons. The molecule has 2 aromatic rings. The van der Waals surface area contributed by atoms with Gasteiger partial charge < -0.3 is 5.73 Å². The van der Waals surface area contributed by atoms with Crippen molar-refractivity contribution in [3.63, 3.8) is 0 Å². The van der Waals surface area contributed by atoms with Gasteiger partial charge in [-0.1, -0.05) is 25.1 Å². The second kappa shape index (κ2) is 5.15. The molecule has 1 aromatic carbocycles. The van der Waals surface area contributed by atoms with E-state index in [1.807, 2.05) is 29.1 Å². The second-order valence-corrected chi connectivity index (χ2v) is 5.46. The number of nitrogens with two attached hydrogens (primary N) is 1. The number of para-hydroxylation sites is 1. The van der Waals surface area contributed by atoms with Crippen molar-refractivity contribution in [1.29, 1.82) is 0 Å². The van der Waals surface area contributed by atoms with E-state index in [1.165, 1.54) is 5.56 Å². The molecule has 2 unspecified atom stereocenters. The minimum absolute atomic E-state index is 0.309. The van der Waals surface area contributed by atoms with Crippen molar-refractivity contribution in [2.75, 3.05) is 13.1 Å². The van der Waals surface area contributed by atoms with Gasteiger partial charge in [0.05, 0.1) is 11.9 Å². The molecule has 4 nitrogen and oxygen atoms in total. The monoisotopic (exact) mass is 256 g/mol. The largest absolute Gasteiger partial charge is 0.326 e. The Morgan fingerprint density at radius 2 is 2.05 bits per heavy atom. The number of hydrogen-bond acceptors (Lipinski definition) is 3. The molecule has 1 fully saturated rings. The maximum Gasteiger partial charge on any atom is 0.0645 e. The first-order valence-corrected chi connectivity index (χ1v) is 6.79. The lowest BCUT2D eigenvalue weighted by molar-refractivity contribution is 0.319. The van der Waals surface area contributed by atoms with Crippen molar-refractivity contribution in [2.24, 2.45) is 11.7 Å². The van der Waals surface area contributed by atoms with Gasteiger partial charge in [-0.05, 0) is 18.1 Å². The van der Waals surface area contributed by atoms with E-state index in [0.717, 1.165) is 25.3 Å². The lowest BCUT2D eigenvalue weighted by Gasteiger charge is -2.13. The standard InChI is InChI=1S/C15H20N4/c1-12-8-18(11-15(12)16)9-13-7-17-19(10-13)14-5-3-2-4-6-14/h2-7,10,12,15H,8-9,11,16H2,1H3. The quantitative estimate of drug-likeness (QED) is 0.908. The van der Waals surface area contributed by atoms with Crippen LogP contribution in [0.1, 0.15) is 12.5 Å². The molecule has 0 aliphatic carbocycles. The molecule has 0 bridgehead atoms. The van der Waals surface area contributed by atoms with Crippen molar-refractivity contribution < 1.29 is 0 Å². The zero-order chi connectivity index (χ0) is 13.2. The van der Waals surface area contributed by atoms with E-state index in [1.54, 1.807) is 0 Å². The van der Waals surface area contributed by atoms with Crippen LogP contribution in [0.2, 0.25) is 0 Å². The van der Waals surface area contributed by atoms with E-state index in [9.17, 15) is 0 Å². The molecule has 3 rings (SSSR count). The molecular formula is C15H20N4. The Bertz CT molecular complexity index is 524. The Labute approximate surface area is 113 Å². The van der Waals surface area contributed by atoms with Crippen molar-refractivity contribution in [2.45, 2.75) is 19.5 Å². The zero-order valence-corrected chi connectivity index (χ0v) is 11.2. The summed E-state index contributed by atoms with van der Waals surface area (Å²) in [6, 6.07) is 10.5. The minimum atomic E-state index is 0.309. The summed E-state index contributed by atoms with van der Waals surface area (Å²) >= 11 is 0. The predicted molar refractivity (Wildman–Crippen MR) is 76.0 cm³/mol. The third kappa shape index (κ3) is 2.69. The third-order valence-corrected chi connectivity index (χ3v) is 3.81. The topological polar surface area (TPSA) is 47.1 Å². The Morgan fingerprint density at radius 1 is 1.26 bits per heavy atom. The first kappa shape index (κ1) is 12.4. The normalized spacial score (nSPS) is 23.9. The van der Waals surface area contributed by atoms with Gasteiger partial charge in [0.1, 0.15) is 0 Å². The van der Waals surface area contributed by atoms with Crippen molar-refractivity contribution >= 4 is 0 Å². The van der Waals surface area contributed by atoms with Crippen molar-refractivity contribution in [3.8, 4) is 5.69 Å². The number of rotatable bonds is 3. The van der Waals surface area contributed by atoms with Crippen LogP contribution in [0.3, 0.4) is 0 Å². The molecule has 2 atom stereocenters. The molecule has 1 aliphatic heterocycles. The van der Waals surface area contributed by atoms with Gasteiger partial charge in [0, 0.05) is 37.4 Å². The zero-order valence-electron chi connectivity index (χ0n) is 11.2. The van der Waals surface area contributed by atoms with E-state index in [4.69, 9.17) is 5.73 Å². The predicted octanol–water partition coefficient (Wildman–Crippen LogP) is 1.65. The summed E-state index contributed by atoms with van der Waals surface area (Å²) in [7, 11) is 0. The molecule has 19 heavy (non-hydrogen) atoms. The average Bonchev–Trinajstić information content (AvgIpc) is 2.99. The SMILES string of the molecule is CC1CN(Cc2cnn(-c3ccccc3)c2)CC1N. The van der Waals surface area contributed by atoms with Gasteiger partial charge in [0.15, 0.2) is 0 Å². The fourth-order valence-electron chi connectivity index (χ4n) is 2.65. The molecule has 0 amide bonds. The summed E-state index contributed by atoms with van der Waals surface area (Å²) in [4.78, 5) is 2.40. The maximum absolute atomic E-state index is 6.06. The number of benzene rings is 1. The van der Waals surface area contributed by atoms with Gasteiger partial charge in [-0.3, -0.25) is 4.90 Å². The van der Waals surface area contributed by atoms with Gasteiger partial charge >= 0.3 is 0 Å². The van der Waals surface area contributed by atoms with Crippen LogP contribution in [0, 0.1) is 5.92 Å². The van der Waals surface area contributed by atoms with Crippen LogP contribution in [-0.4, -0.2) is 33.8 Å². The molecular weight excluding hydrogens is 236 g/mol. The Morgan fingerprint density at radius 3 is 2.74 bits per heavy atom. The van der Waals surface area contributed by atoms with Crippen LogP contribution in [0.5, 0.6) is 0 Å². The number of aromatic nitrogens is 2. The molecule has 1 aliphatic rings. The highest BCUT2D eigenvalue weighted by Crippen LogP contribution is 2.17. The lowest BCUT2D eigenvalue weighted by atomic mass is 10.1. The minimum Gasteiger partial charge on any atom is -0.326 e. The van der Waals surface area contributed by atoms with Gasteiger partial charge in [-0.25, -0.2) is 4.68 Å². The number of hydrogen-bond donors (Lipinski definition) is 1. The van der Waals surface area contributed by atoms with Crippen molar-refractivity contribution in [3.05, 3.63) is 48.3 Å². The first-order valence-electron chi connectivity index (χ1n) is 6.79. The Kier molecular flexibility index (Phi) is 3.36. The summed E-state index contributed by atoms with van der Waals surface area (Å²) in [5, 5.41) is 4.43. The summed E-state index contributed by atoms with van der Waals surface area (Å²) < 4.78 is 1.93. The van der Waals surface area contributed by atoms with E-state index < -0.39 is 0 Å². The summed E-state index contributed by atoms with van der Waals surface area (Å²) in [5.41, 5.74) is 8.39. The Balaban J connectivity index is 1.69. The number of likely N-dealkylation sites (tertiary alicyclic amines) is 1. The lowest BCUT2D eigenvalue weighted by Crippen LogP contribution is -2.28. The maximum atomic E-state index is 6.06. The molecule has 1 saturated heterocycles. The highest BCUT2D eigenvalue weighted by molar-refractivity contribution is 5.30. The molecule has 2 N–H and O–H groups in total. The fraction of sp³-hybridized carbons (Fsp3) is 0.400. The highest BCUT2D eigenvalue weighted by Gasteiger charge is 2.26. The molecule has 0 spiro atoms. The highest BCUT2D eigenvalue weighted by atomic mass is 15.3. The molecule has 1 aromatic heterocycles. The van der Waals surface area contributed by atoms with Crippen LogP contribution >= 0.6 is 0 Å². The third-order valence-electron chi connectivity index (χ3n) is 3.81. The van der Waals surface area contributed by atoms with Crippen LogP contribution in [0.15, 0.2) is 42.7 Å². The van der Waals surface area contributed by atoms with E-state index in [2.05, 4.69) is 35.3 Å². The van der Waals surface area contributed by atoms with Gasteiger partial charge in [-0.15, -0.1) is 0 Å². The van der Waals surface area contributed by atoms with Crippen LogP contribution in [-0.2, 0) is 6.54 Å². The Hall–Kier alpha value is -1.65. The average molecular weight is 256 g/mol. The van der Waals surface area contributed by atoms with E-state index >= 15 is 0 Å². The van der Waals surface area contributed by atoms with Crippen molar-refractivity contribution in [1.82, 2.24) is 14.7 Å². The smallest absolute Gasteiger partial charge is 0.0645 e. The second-order valence-electron chi connectivity index (χ2n) is 5.46. The summed E-state index contributed by atoms with van der Waals surface area (Å²) in [5.74, 6) is 0.587. The first-order chi connectivity index (χ1) is 9.22. The van der Waals surface area contributed by atoms with Gasteiger partial charge in [0.2, 0.25) is 0 Å². The molecule has 0 radical (unpaired) electrons. The van der Waals surface area contributed by atoms with Crippen LogP contribution < -0.4 is 5.73 Å². The van der Waals surface area contributed by atoms with E-state index in [-0.39, 0.29) is 0 Å². The summed E-state index contributed by atoms with van der Waals surface area (Å²) in [6.07, 6.45) is 4.05. The van der Waals surface area contributed by atoms with Gasteiger partial charge in [-0.2, -0.15) is 5.10 Å². The number of nitrogens with zero attached hydrogens (tertiary/aromatic N) is 3. The summed E-state index contributed by atoms with van der Waals surface area (Å²) in [6.45, 7) is 5.22. The van der Waals surface area contributed by atoms with Crippen LogP contribution in [0.4, 0.5) is 0 Å². The van der Waals surface area contributed by atoms with Crippen LogP contribution in [0.25, 0.3) is 5.69 Å². The molecule has 2 heterocycles. The molecule has 4 heteroatoms. The van der Waals surface area contributed by atoms with E-state index in [0.29, 0.717) is 12.0 Å². The van der Waals surface area contributed by atoms with Gasteiger partial charge in [0.25, 0.3) is 0 Å². The fourth-order valence-corrected chi connectivity index (χ4v) is 2.65.